The Kier molecular flexibility index (Phi) is 5.47. The molecule has 0 aliphatic carbocycles. The van der Waals surface area contributed by atoms with Crippen molar-refractivity contribution in [1.29, 1.82) is 5.26 Å². The average Bonchev–Trinajstić information content (AvgIpc) is 2.41. The van der Waals surface area contributed by atoms with Gasteiger partial charge in [-0.1, -0.05) is 0 Å². The molecular formula is C14H21N3O. The molecule has 1 rings (SSSR count). The Morgan fingerprint density at radius 1 is 1.44 bits per heavy atom. The Morgan fingerprint density at radius 2 is 2.17 bits per heavy atom. The number of hydrogen-bond acceptors (Lipinski definition) is 4. The first-order valence-electron chi connectivity index (χ1n) is 6.16. The zero-order valence-electron chi connectivity index (χ0n) is 11.4. The molecule has 18 heavy (non-hydrogen) atoms. The molecule has 1 aromatic carbocycles. The number of nitriles is 1. The van der Waals surface area contributed by atoms with E-state index < -0.39 is 0 Å². The number of rotatable bonds is 6. The van der Waals surface area contributed by atoms with Crippen LogP contribution >= 0.6 is 0 Å². The highest BCUT2D eigenvalue weighted by Crippen LogP contribution is 2.31. The molecule has 2 N–H and O–H groups in total. The second-order valence-corrected chi connectivity index (χ2v) is 4.17. The molecule has 0 aromatic heterocycles. The number of anilines is 1. The summed E-state index contributed by atoms with van der Waals surface area (Å²) in [5.74, 6) is 0.691. The third-order valence-electron chi connectivity index (χ3n) is 2.98. The fourth-order valence-electron chi connectivity index (χ4n) is 2.03. The molecule has 4 heteroatoms. The van der Waals surface area contributed by atoms with Crippen LogP contribution in [-0.4, -0.2) is 20.7 Å². The second-order valence-electron chi connectivity index (χ2n) is 4.17. The van der Waals surface area contributed by atoms with E-state index in [0.29, 0.717) is 0 Å². The Bertz CT molecular complexity index is 426. The fourth-order valence-corrected chi connectivity index (χ4v) is 2.03. The van der Waals surface area contributed by atoms with Gasteiger partial charge in [-0.15, -0.1) is 0 Å². The largest absolute Gasteiger partial charge is 0.497 e. The summed E-state index contributed by atoms with van der Waals surface area (Å²) >= 11 is 0. The summed E-state index contributed by atoms with van der Waals surface area (Å²) < 4.78 is 5.26. The van der Waals surface area contributed by atoms with Crippen molar-refractivity contribution in [2.75, 3.05) is 26.0 Å². The van der Waals surface area contributed by atoms with Crippen molar-refractivity contribution in [2.24, 2.45) is 5.92 Å². The van der Waals surface area contributed by atoms with Crippen molar-refractivity contribution in [1.82, 2.24) is 5.32 Å². The lowest BCUT2D eigenvalue weighted by Crippen LogP contribution is -2.23. The number of hydrogen-bond donors (Lipinski definition) is 2. The molecule has 0 amide bonds. The molecule has 0 bridgehead atoms. The van der Waals surface area contributed by atoms with E-state index in [-0.39, 0.29) is 12.0 Å². The van der Waals surface area contributed by atoms with Crippen molar-refractivity contribution in [3.63, 3.8) is 0 Å². The van der Waals surface area contributed by atoms with Crippen molar-refractivity contribution >= 4 is 5.69 Å². The lowest BCUT2D eigenvalue weighted by atomic mass is 9.94. The summed E-state index contributed by atoms with van der Waals surface area (Å²) in [5.41, 5.74) is 2.10. The molecule has 0 heterocycles. The lowest BCUT2D eigenvalue weighted by Gasteiger charge is -2.23. The van der Waals surface area contributed by atoms with Gasteiger partial charge in [-0.2, -0.15) is 5.26 Å². The van der Waals surface area contributed by atoms with Crippen LogP contribution in [0.3, 0.4) is 0 Å². The highest BCUT2D eigenvalue weighted by atomic mass is 16.5. The van der Waals surface area contributed by atoms with E-state index in [0.717, 1.165) is 23.5 Å². The van der Waals surface area contributed by atoms with Crippen molar-refractivity contribution in [2.45, 2.75) is 19.9 Å². The van der Waals surface area contributed by atoms with Gasteiger partial charge in [0, 0.05) is 18.3 Å². The van der Waals surface area contributed by atoms with Gasteiger partial charge in [0.25, 0.3) is 0 Å². The van der Waals surface area contributed by atoms with Gasteiger partial charge in [-0.3, -0.25) is 0 Å². The monoisotopic (exact) mass is 247 g/mol. The standard InChI is InChI=1S/C14H21N3O/c1-5-17-13-7-6-11(18-4)8-12(13)14(16-3)10(2)9-15/h6-8,10,14,16-17H,5H2,1-4H3. The van der Waals surface area contributed by atoms with Gasteiger partial charge in [0.2, 0.25) is 0 Å². The first kappa shape index (κ1) is 14.3. The minimum Gasteiger partial charge on any atom is -0.497 e. The second kappa shape index (κ2) is 6.87. The fraction of sp³-hybridized carbons (Fsp3) is 0.500. The van der Waals surface area contributed by atoms with E-state index in [4.69, 9.17) is 10.00 Å². The van der Waals surface area contributed by atoms with E-state index >= 15 is 0 Å². The Balaban J connectivity index is 3.20. The third-order valence-corrected chi connectivity index (χ3v) is 2.98. The number of methoxy groups -OCH3 is 1. The van der Waals surface area contributed by atoms with Gasteiger partial charge in [0.1, 0.15) is 5.75 Å². The van der Waals surface area contributed by atoms with Crippen molar-refractivity contribution in [3.8, 4) is 11.8 Å². The highest BCUT2D eigenvalue weighted by Gasteiger charge is 2.20. The molecule has 0 saturated carbocycles. The van der Waals surface area contributed by atoms with Crippen LogP contribution < -0.4 is 15.4 Å². The van der Waals surface area contributed by atoms with E-state index in [1.165, 1.54) is 0 Å². The molecule has 0 radical (unpaired) electrons. The number of nitrogens with zero attached hydrogens (tertiary/aromatic N) is 1. The van der Waals surface area contributed by atoms with Gasteiger partial charge in [-0.05, 0) is 44.7 Å². The smallest absolute Gasteiger partial charge is 0.119 e. The summed E-state index contributed by atoms with van der Waals surface area (Å²) in [5, 5.41) is 15.6. The summed E-state index contributed by atoms with van der Waals surface area (Å²) in [6.45, 7) is 4.81. The highest BCUT2D eigenvalue weighted by molar-refractivity contribution is 5.56. The molecule has 0 spiro atoms. The maximum absolute atomic E-state index is 9.10. The van der Waals surface area contributed by atoms with E-state index in [2.05, 4.69) is 23.6 Å². The van der Waals surface area contributed by atoms with Gasteiger partial charge >= 0.3 is 0 Å². The minimum absolute atomic E-state index is 0.0147. The Morgan fingerprint density at radius 3 is 2.67 bits per heavy atom. The van der Waals surface area contributed by atoms with Gasteiger partial charge in [0.15, 0.2) is 0 Å². The van der Waals surface area contributed by atoms with Crippen LogP contribution in [0.25, 0.3) is 0 Å². The summed E-state index contributed by atoms with van der Waals surface area (Å²) in [6, 6.07) is 8.17. The SMILES string of the molecule is CCNc1ccc(OC)cc1C(NC)C(C)C#N. The summed E-state index contributed by atoms with van der Waals surface area (Å²) in [7, 11) is 3.52. The number of benzene rings is 1. The number of nitrogens with one attached hydrogen (secondary N) is 2. The molecular weight excluding hydrogens is 226 g/mol. The molecule has 98 valence electrons. The van der Waals surface area contributed by atoms with Crippen LogP contribution in [0.1, 0.15) is 25.5 Å². The first-order chi connectivity index (χ1) is 8.67. The van der Waals surface area contributed by atoms with Crippen LogP contribution in [-0.2, 0) is 0 Å². The number of ether oxygens (including phenoxy) is 1. The van der Waals surface area contributed by atoms with Gasteiger partial charge in [0.05, 0.1) is 19.1 Å². The molecule has 0 aliphatic heterocycles. The maximum atomic E-state index is 9.10. The molecule has 0 fully saturated rings. The summed E-state index contributed by atoms with van der Waals surface area (Å²) in [4.78, 5) is 0. The third kappa shape index (κ3) is 3.14. The average molecular weight is 247 g/mol. The van der Waals surface area contributed by atoms with E-state index in [9.17, 15) is 0 Å². The predicted octanol–water partition coefficient (Wildman–Crippen LogP) is 2.55. The quantitative estimate of drug-likeness (QED) is 0.811. The van der Waals surface area contributed by atoms with Gasteiger partial charge in [-0.25, -0.2) is 0 Å². The summed E-state index contributed by atoms with van der Waals surface area (Å²) in [6.07, 6.45) is 0. The Hall–Kier alpha value is -1.73. The topological polar surface area (TPSA) is 57.1 Å². The Labute approximate surface area is 109 Å². The van der Waals surface area contributed by atoms with Crippen molar-refractivity contribution in [3.05, 3.63) is 23.8 Å². The van der Waals surface area contributed by atoms with E-state index in [1.807, 2.05) is 32.2 Å². The van der Waals surface area contributed by atoms with Crippen LogP contribution in [0.5, 0.6) is 5.75 Å². The van der Waals surface area contributed by atoms with Crippen LogP contribution in [0, 0.1) is 17.2 Å². The molecule has 0 aliphatic rings. The minimum atomic E-state index is -0.112. The lowest BCUT2D eigenvalue weighted by molar-refractivity contribution is 0.412. The maximum Gasteiger partial charge on any atom is 0.119 e. The van der Waals surface area contributed by atoms with Crippen LogP contribution in [0.2, 0.25) is 0 Å². The molecule has 4 nitrogen and oxygen atoms in total. The normalized spacial score (nSPS) is 13.5. The zero-order valence-corrected chi connectivity index (χ0v) is 11.4. The molecule has 1 aromatic rings. The zero-order chi connectivity index (χ0) is 13.5. The van der Waals surface area contributed by atoms with Crippen LogP contribution in [0.4, 0.5) is 5.69 Å². The molecule has 0 saturated heterocycles. The van der Waals surface area contributed by atoms with Crippen molar-refractivity contribution < 1.29 is 4.74 Å². The predicted molar refractivity (Wildman–Crippen MR) is 73.7 cm³/mol. The first-order valence-corrected chi connectivity index (χ1v) is 6.16. The molecule has 2 atom stereocenters. The van der Waals surface area contributed by atoms with E-state index in [1.54, 1.807) is 7.11 Å². The van der Waals surface area contributed by atoms with Gasteiger partial charge < -0.3 is 15.4 Å². The van der Waals surface area contributed by atoms with Crippen LogP contribution in [0.15, 0.2) is 18.2 Å². The molecule has 2 unspecified atom stereocenters.